The number of carbonyl (C=O) groups is 1. The molecular weight excluding hydrogens is 312 g/mol. The van der Waals surface area contributed by atoms with Gasteiger partial charge in [-0.25, -0.2) is 9.78 Å². The third-order valence-corrected chi connectivity index (χ3v) is 4.94. The minimum atomic E-state index is 0.0570. The molecule has 0 unspecified atom stereocenters. The molecule has 0 radical (unpaired) electrons. The lowest BCUT2D eigenvalue weighted by Crippen LogP contribution is -2.44. The number of urea groups is 1. The van der Waals surface area contributed by atoms with E-state index in [1.54, 1.807) is 0 Å². The van der Waals surface area contributed by atoms with E-state index in [0.29, 0.717) is 18.5 Å². The number of nitrogens with one attached hydrogen (secondary N) is 1. The number of likely N-dealkylation sites (tertiary alicyclic amines) is 1. The molecule has 1 fully saturated rings. The summed E-state index contributed by atoms with van der Waals surface area (Å²) in [6.07, 6.45) is 6.78. The molecule has 0 atom stereocenters. The molecule has 2 amide bonds. The van der Waals surface area contributed by atoms with Crippen molar-refractivity contribution in [1.29, 1.82) is 0 Å². The molecule has 2 aromatic rings. The number of aromatic nitrogens is 2. The Morgan fingerprint density at radius 2 is 1.96 bits per heavy atom. The van der Waals surface area contributed by atoms with Gasteiger partial charge in [-0.2, -0.15) is 0 Å². The van der Waals surface area contributed by atoms with E-state index in [9.17, 15) is 4.79 Å². The molecule has 0 spiro atoms. The predicted molar refractivity (Wildman–Crippen MR) is 99.7 cm³/mol. The van der Waals surface area contributed by atoms with Gasteiger partial charge in [0, 0.05) is 44.0 Å². The topological polar surface area (TPSA) is 50.2 Å². The minimum absolute atomic E-state index is 0.0570. The molecule has 134 valence electrons. The number of imidazole rings is 1. The zero-order valence-electron chi connectivity index (χ0n) is 15.2. The molecule has 2 heterocycles. The Morgan fingerprint density at radius 3 is 2.64 bits per heavy atom. The van der Waals surface area contributed by atoms with Crippen molar-refractivity contribution in [2.75, 3.05) is 19.6 Å². The van der Waals surface area contributed by atoms with Gasteiger partial charge in [-0.1, -0.05) is 30.3 Å². The first kappa shape index (κ1) is 17.5. The highest BCUT2D eigenvalue weighted by atomic mass is 16.2. The maximum Gasteiger partial charge on any atom is 0.317 e. The molecule has 0 aliphatic carbocycles. The van der Waals surface area contributed by atoms with E-state index in [0.717, 1.165) is 32.4 Å². The van der Waals surface area contributed by atoms with E-state index in [4.69, 9.17) is 0 Å². The lowest BCUT2D eigenvalue weighted by Gasteiger charge is -2.32. The molecule has 3 rings (SSSR count). The molecule has 1 N–H and O–H groups in total. The predicted octanol–water partition coefficient (Wildman–Crippen LogP) is 3.60. The summed E-state index contributed by atoms with van der Waals surface area (Å²) < 4.78 is 2.25. The van der Waals surface area contributed by atoms with Crippen molar-refractivity contribution in [1.82, 2.24) is 19.8 Å². The fraction of sp³-hybridized carbons (Fsp3) is 0.500. The van der Waals surface area contributed by atoms with E-state index >= 15 is 0 Å². The maximum atomic E-state index is 12.4. The van der Waals surface area contributed by atoms with Crippen LogP contribution in [-0.2, 0) is 6.42 Å². The van der Waals surface area contributed by atoms with Crippen LogP contribution in [-0.4, -0.2) is 40.1 Å². The molecule has 1 aliphatic heterocycles. The summed E-state index contributed by atoms with van der Waals surface area (Å²) >= 11 is 0. The van der Waals surface area contributed by atoms with Gasteiger partial charge in [-0.05, 0) is 38.7 Å². The zero-order chi connectivity index (χ0) is 17.6. The summed E-state index contributed by atoms with van der Waals surface area (Å²) in [5, 5.41) is 3.05. The van der Waals surface area contributed by atoms with Crippen LogP contribution in [0.5, 0.6) is 0 Å². The van der Waals surface area contributed by atoms with Crippen LogP contribution < -0.4 is 5.32 Å². The summed E-state index contributed by atoms with van der Waals surface area (Å²) in [5.41, 5.74) is 1.25. The Labute approximate surface area is 150 Å². The van der Waals surface area contributed by atoms with Gasteiger partial charge in [0.1, 0.15) is 5.82 Å². The van der Waals surface area contributed by atoms with Gasteiger partial charge in [-0.3, -0.25) is 0 Å². The number of carbonyl (C=O) groups excluding carboxylic acids is 1. The smallest absolute Gasteiger partial charge is 0.317 e. The highest BCUT2D eigenvalue weighted by Crippen LogP contribution is 2.28. The van der Waals surface area contributed by atoms with E-state index < -0.39 is 0 Å². The second-order valence-corrected chi connectivity index (χ2v) is 7.02. The molecule has 1 aromatic carbocycles. The summed E-state index contributed by atoms with van der Waals surface area (Å²) in [6.45, 7) is 6.64. The van der Waals surface area contributed by atoms with Crippen molar-refractivity contribution in [2.45, 2.75) is 45.1 Å². The lowest BCUT2D eigenvalue weighted by molar-refractivity contribution is 0.180. The first-order chi connectivity index (χ1) is 12.1. The largest absolute Gasteiger partial charge is 0.338 e. The SMILES string of the molecule is CC(C)n1ccnc1C1CCN(C(=O)NCCc2ccccc2)CC1. The molecular formula is C20H28N4O. The quantitative estimate of drug-likeness (QED) is 0.904. The second kappa shape index (κ2) is 8.19. The van der Waals surface area contributed by atoms with E-state index in [1.165, 1.54) is 11.4 Å². The van der Waals surface area contributed by atoms with Crippen LogP contribution >= 0.6 is 0 Å². The number of hydrogen-bond donors (Lipinski definition) is 1. The van der Waals surface area contributed by atoms with Crippen molar-refractivity contribution >= 4 is 6.03 Å². The Bertz CT molecular complexity index is 672. The Balaban J connectivity index is 1.45. The van der Waals surface area contributed by atoms with Gasteiger partial charge < -0.3 is 14.8 Å². The monoisotopic (exact) mass is 340 g/mol. The summed E-state index contributed by atoms with van der Waals surface area (Å²) in [7, 11) is 0. The zero-order valence-corrected chi connectivity index (χ0v) is 15.2. The van der Waals surface area contributed by atoms with E-state index in [1.807, 2.05) is 29.3 Å². The number of amides is 2. The minimum Gasteiger partial charge on any atom is -0.338 e. The van der Waals surface area contributed by atoms with Crippen LogP contribution in [0.3, 0.4) is 0 Å². The van der Waals surface area contributed by atoms with Gasteiger partial charge >= 0.3 is 6.03 Å². The van der Waals surface area contributed by atoms with Gasteiger partial charge in [-0.15, -0.1) is 0 Å². The van der Waals surface area contributed by atoms with Gasteiger partial charge in [0.25, 0.3) is 0 Å². The van der Waals surface area contributed by atoms with Crippen molar-refractivity contribution in [3.63, 3.8) is 0 Å². The Hall–Kier alpha value is -2.30. The Kier molecular flexibility index (Phi) is 5.74. The third-order valence-electron chi connectivity index (χ3n) is 4.94. The van der Waals surface area contributed by atoms with Crippen molar-refractivity contribution in [3.05, 3.63) is 54.1 Å². The average molecular weight is 340 g/mol. The van der Waals surface area contributed by atoms with Gasteiger partial charge in [0.05, 0.1) is 0 Å². The molecule has 0 saturated carbocycles. The van der Waals surface area contributed by atoms with Crippen molar-refractivity contribution < 1.29 is 4.79 Å². The third kappa shape index (κ3) is 4.41. The fourth-order valence-electron chi connectivity index (χ4n) is 3.49. The second-order valence-electron chi connectivity index (χ2n) is 7.02. The average Bonchev–Trinajstić information content (AvgIpc) is 3.13. The van der Waals surface area contributed by atoms with Crippen molar-refractivity contribution in [2.24, 2.45) is 0 Å². The van der Waals surface area contributed by atoms with Crippen LogP contribution in [0.15, 0.2) is 42.7 Å². The molecule has 1 saturated heterocycles. The molecule has 5 heteroatoms. The van der Waals surface area contributed by atoms with Crippen LogP contribution in [0.4, 0.5) is 4.79 Å². The van der Waals surface area contributed by atoms with Crippen LogP contribution in [0.1, 0.15) is 50.0 Å². The van der Waals surface area contributed by atoms with Crippen LogP contribution in [0, 0.1) is 0 Å². The first-order valence-electron chi connectivity index (χ1n) is 9.24. The molecule has 5 nitrogen and oxygen atoms in total. The van der Waals surface area contributed by atoms with E-state index in [2.05, 4.69) is 47.0 Å². The normalized spacial score (nSPS) is 15.6. The Morgan fingerprint density at radius 1 is 1.24 bits per heavy atom. The maximum absolute atomic E-state index is 12.4. The number of benzene rings is 1. The van der Waals surface area contributed by atoms with Gasteiger partial charge in [0.2, 0.25) is 0 Å². The number of piperidine rings is 1. The molecule has 1 aromatic heterocycles. The highest BCUT2D eigenvalue weighted by molar-refractivity contribution is 5.74. The highest BCUT2D eigenvalue weighted by Gasteiger charge is 2.26. The molecule has 1 aliphatic rings. The van der Waals surface area contributed by atoms with Crippen molar-refractivity contribution in [3.8, 4) is 0 Å². The lowest BCUT2D eigenvalue weighted by atomic mass is 9.96. The summed E-state index contributed by atoms with van der Waals surface area (Å²) in [4.78, 5) is 18.8. The number of hydrogen-bond acceptors (Lipinski definition) is 2. The summed E-state index contributed by atoms with van der Waals surface area (Å²) in [5.74, 6) is 1.62. The van der Waals surface area contributed by atoms with E-state index in [-0.39, 0.29) is 6.03 Å². The molecule has 25 heavy (non-hydrogen) atoms. The molecule has 0 bridgehead atoms. The van der Waals surface area contributed by atoms with Crippen LogP contribution in [0.2, 0.25) is 0 Å². The number of nitrogens with zero attached hydrogens (tertiary/aromatic N) is 3. The number of rotatable bonds is 5. The fourth-order valence-corrected chi connectivity index (χ4v) is 3.49. The summed E-state index contributed by atoms with van der Waals surface area (Å²) in [6, 6.07) is 10.7. The van der Waals surface area contributed by atoms with Gasteiger partial charge in [0.15, 0.2) is 0 Å². The standard InChI is InChI=1S/C20H28N4O/c1-16(2)24-15-12-21-19(24)18-9-13-23(14-10-18)20(25)22-11-8-17-6-4-3-5-7-17/h3-7,12,15-16,18H,8-11,13-14H2,1-2H3,(H,22,25). The van der Waals surface area contributed by atoms with Crippen LogP contribution in [0.25, 0.3) is 0 Å². The first-order valence-corrected chi connectivity index (χ1v) is 9.24.